The van der Waals surface area contributed by atoms with Gasteiger partial charge in [0.25, 0.3) is 0 Å². The fourth-order valence-electron chi connectivity index (χ4n) is 4.06. The number of rotatable bonds is 4. The van der Waals surface area contributed by atoms with E-state index in [1.165, 1.54) is 6.07 Å². The van der Waals surface area contributed by atoms with Crippen LogP contribution < -0.4 is 16.0 Å². The Balaban J connectivity index is 1.53. The topological polar surface area (TPSA) is 101 Å². The Bertz CT molecular complexity index is 1090. The van der Waals surface area contributed by atoms with Crippen LogP contribution in [-0.4, -0.2) is 50.4 Å². The fourth-order valence-corrected chi connectivity index (χ4v) is 4.06. The SMILES string of the molecule is CC1C(C(N)=O)NCCN1c1ccnc(-c2cnc3cc(F)c(C4CC4)cn23)n1. The molecule has 1 aliphatic heterocycles. The number of amides is 1. The van der Waals surface area contributed by atoms with E-state index in [1.807, 2.05) is 23.6 Å². The molecular formula is C20H22FN7O. The summed E-state index contributed by atoms with van der Waals surface area (Å²) in [5.74, 6) is 0.917. The molecule has 2 fully saturated rings. The van der Waals surface area contributed by atoms with E-state index in [0.717, 1.165) is 18.7 Å². The Morgan fingerprint density at radius 3 is 2.93 bits per heavy atom. The minimum atomic E-state index is -0.443. The van der Waals surface area contributed by atoms with E-state index in [-0.39, 0.29) is 23.7 Å². The van der Waals surface area contributed by atoms with Crippen molar-refractivity contribution in [3.8, 4) is 11.5 Å². The van der Waals surface area contributed by atoms with E-state index in [2.05, 4.69) is 20.2 Å². The van der Waals surface area contributed by atoms with Crippen LogP contribution in [0.15, 0.2) is 30.7 Å². The van der Waals surface area contributed by atoms with Crippen molar-refractivity contribution in [3.63, 3.8) is 0 Å². The molecule has 0 radical (unpaired) electrons. The molecule has 2 aliphatic rings. The third kappa shape index (κ3) is 3.11. The summed E-state index contributed by atoms with van der Waals surface area (Å²) >= 11 is 0. The molecule has 3 N–H and O–H groups in total. The summed E-state index contributed by atoms with van der Waals surface area (Å²) in [6.07, 6.45) is 7.20. The first-order valence-corrected chi connectivity index (χ1v) is 9.82. The molecule has 1 aliphatic carbocycles. The third-order valence-electron chi connectivity index (χ3n) is 5.80. The van der Waals surface area contributed by atoms with Gasteiger partial charge in [0.15, 0.2) is 5.82 Å². The zero-order chi connectivity index (χ0) is 20.1. The Hall–Kier alpha value is -3.07. The maximum Gasteiger partial charge on any atom is 0.236 e. The number of imidazole rings is 1. The summed E-state index contributed by atoms with van der Waals surface area (Å²) in [6, 6.07) is 2.71. The van der Waals surface area contributed by atoms with Crippen molar-refractivity contribution in [1.29, 1.82) is 0 Å². The number of nitrogens with two attached hydrogens (primary N) is 1. The van der Waals surface area contributed by atoms with Crippen LogP contribution in [0.3, 0.4) is 0 Å². The summed E-state index contributed by atoms with van der Waals surface area (Å²) in [6.45, 7) is 3.28. The van der Waals surface area contributed by atoms with Crippen LogP contribution in [0.25, 0.3) is 17.2 Å². The zero-order valence-corrected chi connectivity index (χ0v) is 16.0. The molecule has 2 unspecified atom stereocenters. The van der Waals surface area contributed by atoms with Crippen LogP contribution in [0.4, 0.5) is 10.2 Å². The van der Waals surface area contributed by atoms with Gasteiger partial charge in [-0.3, -0.25) is 9.20 Å². The molecule has 8 nitrogen and oxygen atoms in total. The van der Waals surface area contributed by atoms with Gasteiger partial charge in [0, 0.05) is 37.1 Å². The molecule has 1 amide bonds. The van der Waals surface area contributed by atoms with Crippen LogP contribution in [-0.2, 0) is 4.79 Å². The Labute approximate surface area is 167 Å². The number of pyridine rings is 1. The van der Waals surface area contributed by atoms with Crippen molar-refractivity contribution in [2.24, 2.45) is 5.73 Å². The number of fused-ring (bicyclic) bond motifs is 1. The number of nitrogens with zero attached hydrogens (tertiary/aromatic N) is 5. The maximum atomic E-state index is 14.3. The standard InChI is InChI=1S/C20H22FN7O/c1-11-18(19(22)29)23-6-7-27(11)16-4-5-24-20(26-16)15-9-25-17-8-14(21)13(10-28(15)17)12-2-3-12/h4-5,8-12,18,23H,2-3,6-7H2,1H3,(H2,22,29). The number of anilines is 1. The number of aromatic nitrogens is 4. The van der Waals surface area contributed by atoms with Gasteiger partial charge in [0.05, 0.1) is 12.2 Å². The molecule has 1 saturated carbocycles. The number of primary amides is 1. The average molecular weight is 395 g/mol. The minimum absolute atomic E-state index is 0.137. The Morgan fingerprint density at radius 1 is 1.34 bits per heavy atom. The van der Waals surface area contributed by atoms with Gasteiger partial charge in [-0.1, -0.05) is 0 Å². The Kier molecular flexibility index (Phi) is 4.20. The van der Waals surface area contributed by atoms with Crippen LogP contribution >= 0.6 is 0 Å². The van der Waals surface area contributed by atoms with Gasteiger partial charge in [-0.05, 0) is 31.7 Å². The number of piperazine rings is 1. The Morgan fingerprint density at radius 2 is 2.17 bits per heavy atom. The molecule has 1 saturated heterocycles. The van der Waals surface area contributed by atoms with Gasteiger partial charge in [0.1, 0.15) is 29.0 Å². The summed E-state index contributed by atoms with van der Waals surface area (Å²) in [7, 11) is 0. The molecule has 5 rings (SSSR count). The number of nitrogens with one attached hydrogen (secondary N) is 1. The van der Waals surface area contributed by atoms with Crippen molar-refractivity contribution >= 4 is 17.4 Å². The summed E-state index contributed by atoms with van der Waals surface area (Å²) in [4.78, 5) is 27.2. The lowest BCUT2D eigenvalue weighted by Crippen LogP contribution is -2.61. The van der Waals surface area contributed by atoms with Crippen molar-refractivity contribution in [2.75, 3.05) is 18.0 Å². The molecule has 3 aromatic rings. The number of halogens is 1. The van der Waals surface area contributed by atoms with Crippen LogP contribution in [0.2, 0.25) is 0 Å². The van der Waals surface area contributed by atoms with Crippen molar-refractivity contribution < 1.29 is 9.18 Å². The molecule has 0 bridgehead atoms. The lowest BCUT2D eigenvalue weighted by Gasteiger charge is -2.39. The number of hydrogen-bond donors (Lipinski definition) is 2. The van der Waals surface area contributed by atoms with E-state index in [0.29, 0.717) is 35.8 Å². The van der Waals surface area contributed by atoms with Gasteiger partial charge in [-0.2, -0.15) is 0 Å². The van der Waals surface area contributed by atoms with E-state index in [9.17, 15) is 9.18 Å². The highest BCUT2D eigenvalue weighted by Crippen LogP contribution is 2.41. The minimum Gasteiger partial charge on any atom is -0.368 e. The average Bonchev–Trinajstić information content (AvgIpc) is 3.47. The molecule has 29 heavy (non-hydrogen) atoms. The zero-order valence-electron chi connectivity index (χ0n) is 16.0. The predicted octanol–water partition coefficient (Wildman–Crippen LogP) is 1.46. The van der Waals surface area contributed by atoms with Gasteiger partial charge < -0.3 is 16.0 Å². The largest absolute Gasteiger partial charge is 0.368 e. The second-order valence-corrected chi connectivity index (χ2v) is 7.73. The molecular weight excluding hydrogens is 373 g/mol. The second kappa shape index (κ2) is 6.77. The first-order chi connectivity index (χ1) is 14.0. The molecule has 9 heteroatoms. The van der Waals surface area contributed by atoms with Gasteiger partial charge in [-0.25, -0.2) is 19.3 Å². The first kappa shape index (κ1) is 18.0. The molecule has 0 spiro atoms. The van der Waals surface area contributed by atoms with Gasteiger partial charge in [-0.15, -0.1) is 0 Å². The van der Waals surface area contributed by atoms with Gasteiger partial charge in [0.2, 0.25) is 5.91 Å². The van der Waals surface area contributed by atoms with Crippen LogP contribution in [0.5, 0.6) is 0 Å². The predicted molar refractivity (Wildman–Crippen MR) is 106 cm³/mol. The highest BCUT2D eigenvalue weighted by Gasteiger charge is 2.32. The summed E-state index contributed by atoms with van der Waals surface area (Å²) in [5, 5.41) is 3.15. The lowest BCUT2D eigenvalue weighted by molar-refractivity contribution is -0.120. The van der Waals surface area contributed by atoms with E-state index < -0.39 is 6.04 Å². The number of carbonyl (C=O) groups excluding carboxylic acids is 1. The van der Waals surface area contributed by atoms with Crippen molar-refractivity contribution in [3.05, 3.63) is 42.1 Å². The molecule has 2 atom stereocenters. The highest BCUT2D eigenvalue weighted by atomic mass is 19.1. The monoisotopic (exact) mass is 395 g/mol. The smallest absolute Gasteiger partial charge is 0.236 e. The summed E-state index contributed by atoms with van der Waals surface area (Å²) in [5.41, 5.74) is 7.47. The van der Waals surface area contributed by atoms with Crippen molar-refractivity contribution in [1.82, 2.24) is 24.7 Å². The molecule has 4 heterocycles. The number of carbonyl (C=O) groups is 1. The quantitative estimate of drug-likeness (QED) is 0.694. The fraction of sp³-hybridized carbons (Fsp3) is 0.400. The maximum absolute atomic E-state index is 14.3. The lowest BCUT2D eigenvalue weighted by atomic mass is 10.0. The van der Waals surface area contributed by atoms with Crippen molar-refractivity contribution in [2.45, 2.75) is 37.8 Å². The van der Waals surface area contributed by atoms with Crippen LogP contribution in [0.1, 0.15) is 31.2 Å². The molecule has 0 aromatic carbocycles. The third-order valence-corrected chi connectivity index (χ3v) is 5.80. The number of hydrogen-bond acceptors (Lipinski definition) is 6. The molecule has 150 valence electrons. The van der Waals surface area contributed by atoms with E-state index >= 15 is 0 Å². The summed E-state index contributed by atoms with van der Waals surface area (Å²) < 4.78 is 16.2. The first-order valence-electron chi connectivity index (χ1n) is 9.82. The van der Waals surface area contributed by atoms with Crippen LogP contribution in [0, 0.1) is 5.82 Å². The van der Waals surface area contributed by atoms with Gasteiger partial charge >= 0.3 is 0 Å². The normalized spacial score (nSPS) is 22.2. The highest BCUT2D eigenvalue weighted by molar-refractivity contribution is 5.81. The van der Waals surface area contributed by atoms with E-state index in [4.69, 9.17) is 10.7 Å². The second-order valence-electron chi connectivity index (χ2n) is 7.73. The molecule has 3 aromatic heterocycles. The van der Waals surface area contributed by atoms with E-state index in [1.54, 1.807) is 12.4 Å².